The molecule has 1 unspecified atom stereocenters. The van der Waals surface area contributed by atoms with E-state index >= 15 is 0 Å². The Morgan fingerprint density at radius 3 is 1.48 bits per heavy atom. The van der Waals surface area contributed by atoms with E-state index in [9.17, 15) is 29.3 Å². The van der Waals surface area contributed by atoms with E-state index in [-0.39, 0.29) is 45.4 Å². The van der Waals surface area contributed by atoms with Crippen LogP contribution in [0.4, 0.5) is 0 Å². The van der Waals surface area contributed by atoms with Gasteiger partial charge in [0.2, 0.25) is 0 Å². The van der Waals surface area contributed by atoms with Gasteiger partial charge in [0.05, 0.1) is 25.4 Å². The monoisotopic (exact) mass is 884 g/mol. The highest BCUT2D eigenvalue weighted by molar-refractivity contribution is 7.47. The molecule has 0 aromatic rings. The number of ether oxygens (including phenoxy) is 2. The van der Waals surface area contributed by atoms with Crippen molar-refractivity contribution >= 4 is 19.8 Å². The van der Waals surface area contributed by atoms with E-state index in [1.165, 1.54) is 109 Å². The molecule has 0 bridgehead atoms. The molecule has 0 aliphatic carbocycles. The van der Waals surface area contributed by atoms with Crippen LogP contribution in [0.15, 0.2) is 48.6 Å². The van der Waals surface area contributed by atoms with Crippen LogP contribution >= 0.6 is 7.82 Å². The summed E-state index contributed by atoms with van der Waals surface area (Å²) < 4.78 is 32.7. The van der Waals surface area contributed by atoms with Gasteiger partial charge in [-0.15, -0.1) is 0 Å². The van der Waals surface area contributed by atoms with Gasteiger partial charge in [-0.25, -0.2) is 4.57 Å². The van der Waals surface area contributed by atoms with Crippen molar-refractivity contribution in [2.45, 2.75) is 225 Å². The summed E-state index contributed by atoms with van der Waals surface area (Å²) in [7, 11) is -4.45. The molecule has 0 fully saturated rings. The first-order chi connectivity index (χ1) is 29.6. The number of aliphatic hydroxyl groups excluding tert-OH is 2. The Kier molecular flexibility index (Phi) is 43.0. The topological polar surface area (TPSA) is 175 Å². The number of esters is 2. The molecule has 0 rings (SSSR count). The molecular formula is C49H90NO10P. The summed E-state index contributed by atoms with van der Waals surface area (Å²) in [5.41, 5.74) is 5.34. The van der Waals surface area contributed by atoms with Crippen LogP contribution in [0.3, 0.4) is 0 Å². The minimum Gasteiger partial charge on any atom is -0.462 e. The van der Waals surface area contributed by atoms with Gasteiger partial charge in [-0.3, -0.25) is 18.6 Å². The maximum absolute atomic E-state index is 12.6. The molecule has 0 heterocycles. The molecule has 0 saturated carbocycles. The summed E-state index contributed by atoms with van der Waals surface area (Å²) in [4.78, 5) is 35.0. The van der Waals surface area contributed by atoms with Gasteiger partial charge in [-0.1, -0.05) is 191 Å². The van der Waals surface area contributed by atoms with Crippen molar-refractivity contribution in [1.29, 1.82) is 0 Å². The molecular weight excluding hydrogens is 794 g/mol. The van der Waals surface area contributed by atoms with Crippen molar-refractivity contribution in [1.82, 2.24) is 0 Å². The second kappa shape index (κ2) is 44.5. The van der Waals surface area contributed by atoms with E-state index in [4.69, 9.17) is 24.3 Å². The Labute approximate surface area is 372 Å². The lowest BCUT2D eigenvalue weighted by molar-refractivity contribution is -0.161. The fourth-order valence-electron chi connectivity index (χ4n) is 6.72. The zero-order chi connectivity index (χ0) is 44.9. The molecule has 0 radical (unpaired) electrons. The molecule has 0 amide bonds. The van der Waals surface area contributed by atoms with E-state index in [1.807, 2.05) is 12.2 Å². The fourth-order valence-corrected chi connectivity index (χ4v) is 7.49. The number of phosphoric acid groups is 1. The lowest BCUT2D eigenvalue weighted by Gasteiger charge is -2.20. The summed E-state index contributed by atoms with van der Waals surface area (Å²) in [5.74, 6) is -1.11. The average Bonchev–Trinajstić information content (AvgIpc) is 3.24. The fraction of sp³-hybridized carbons (Fsp3) is 0.796. The third-order valence-corrected chi connectivity index (χ3v) is 11.4. The van der Waals surface area contributed by atoms with Gasteiger partial charge in [0.15, 0.2) is 6.10 Å². The van der Waals surface area contributed by atoms with E-state index in [0.717, 1.165) is 44.9 Å². The molecule has 0 aliphatic heterocycles. The first kappa shape index (κ1) is 58.9. The molecule has 5 N–H and O–H groups in total. The van der Waals surface area contributed by atoms with E-state index in [0.29, 0.717) is 12.8 Å². The van der Waals surface area contributed by atoms with Gasteiger partial charge in [0, 0.05) is 19.4 Å². The van der Waals surface area contributed by atoms with Crippen LogP contribution in [0, 0.1) is 0 Å². The Morgan fingerprint density at radius 2 is 1.00 bits per heavy atom. The standard InChI is InChI=1S/C49H90NO10P/c1-3-5-7-9-11-13-15-17-18-19-20-21-22-23-24-25-27-29-31-33-35-39-49(54)60-45(44-59-61(55,56)58-42-41-50)43-57-48(53)40-36-38-47(52)46(51)37-34-32-30-28-26-16-14-12-10-8-6-4-2/h6,8,12,14,26,28,32,34,45-47,51-52H,3-5,7,9-11,13,15-25,27,29-31,33,35-44,50H2,1-2H3,(H,55,56)/b8-6-,14-12-,28-26-,34-32-/t45-,46+,47+/m1/s1. The smallest absolute Gasteiger partial charge is 0.462 e. The van der Waals surface area contributed by atoms with Gasteiger partial charge >= 0.3 is 19.8 Å². The lowest BCUT2D eigenvalue weighted by atomic mass is 10.0. The molecule has 0 aliphatic rings. The van der Waals surface area contributed by atoms with Crippen LogP contribution in [0.25, 0.3) is 0 Å². The maximum Gasteiger partial charge on any atom is 0.472 e. The van der Waals surface area contributed by atoms with E-state index < -0.39 is 44.7 Å². The minimum absolute atomic E-state index is 0.0135. The molecule has 0 aromatic heterocycles. The Bertz CT molecular complexity index is 1180. The first-order valence-electron chi connectivity index (χ1n) is 24.3. The summed E-state index contributed by atoms with van der Waals surface area (Å²) in [6.45, 7) is 3.31. The van der Waals surface area contributed by atoms with Crippen LogP contribution in [0.2, 0.25) is 0 Å². The molecule has 0 saturated heterocycles. The van der Waals surface area contributed by atoms with Crippen molar-refractivity contribution < 1.29 is 47.8 Å². The Balaban J connectivity index is 4.26. The number of unbranched alkanes of at least 4 members (excludes halogenated alkanes) is 20. The molecule has 0 aromatic carbocycles. The highest BCUT2D eigenvalue weighted by Gasteiger charge is 2.26. The second-order valence-corrected chi connectivity index (χ2v) is 17.7. The molecule has 0 spiro atoms. The van der Waals surface area contributed by atoms with Crippen molar-refractivity contribution in [2.75, 3.05) is 26.4 Å². The summed E-state index contributed by atoms with van der Waals surface area (Å²) in [5, 5.41) is 20.7. The average molecular weight is 884 g/mol. The van der Waals surface area contributed by atoms with Crippen LogP contribution < -0.4 is 5.73 Å². The van der Waals surface area contributed by atoms with Gasteiger partial charge < -0.3 is 30.3 Å². The third kappa shape index (κ3) is 42.9. The Hall–Kier alpha value is -2.11. The summed E-state index contributed by atoms with van der Waals surface area (Å²) in [6, 6.07) is 0. The van der Waals surface area contributed by atoms with Gasteiger partial charge in [0.25, 0.3) is 0 Å². The van der Waals surface area contributed by atoms with Crippen molar-refractivity contribution in [3.63, 3.8) is 0 Å². The highest BCUT2D eigenvalue weighted by atomic mass is 31.2. The zero-order valence-corrected chi connectivity index (χ0v) is 39.5. The number of carbonyl (C=O) groups excluding carboxylic acids is 2. The van der Waals surface area contributed by atoms with Crippen LogP contribution in [-0.2, 0) is 32.7 Å². The van der Waals surface area contributed by atoms with Gasteiger partial charge in [-0.05, 0) is 51.4 Å². The quantitative estimate of drug-likeness (QED) is 0.0198. The van der Waals surface area contributed by atoms with E-state index in [2.05, 4.69) is 50.3 Å². The third-order valence-electron chi connectivity index (χ3n) is 10.4. The van der Waals surface area contributed by atoms with E-state index in [1.54, 1.807) is 0 Å². The molecule has 4 atom stereocenters. The molecule has 11 nitrogen and oxygen atoms in total. The Morgan fingerprint density at radius 1 is 0.557 bits per heavy atom. The van der Waals surface area contributed by atoms with Crippen molar-refractivity contribution in [3.05, 3.63) is 48.6 Å². The number of phosphoric ester groups is 1. The number of hydrogen-bond donors (Lipinski definition) is 4. The summed E-state index contributed by atoms with van der Waals surface area (Å²) >= 11 is 0. The number of nitrogens with two attached hydrogens (primary N) is 1. The number of allylic oxidation sites excluding steroid dienone is 7. The highest BCUT2D eigenvalue weighted by Crippen LogP contribution is 2.43. The summed E-state index contributed by atoms with van der Waals surface area (Å²) in [6.07, 6.45) is 44.6. The van der Waals surface area contributed by atoms with Crippen molar-refractivity contribution in [2.24, 2.45) is 5.73 Å². The number of hydrogen-bond acceptors (Lipinski definition) is 10. The molecule has 356 valence electrons. The van der Waals surface area contributed by atoms with Gasteiger partial charge in [0.1, 0.15) is 6.61 Å². The lowest BCUT2D eigenvalue weighted by Crippen LogP contribution is -2.30. The zero-order valence-electron chi connectivity index (χ0n) is 38.6. The predicted molar refractivity (Wildman–Crippen MR) is 250 cm³/mol. The number of rotatable bonds is 45. The van der Waals surface area contributed by atoms with Crippen LogP contribution in [-0.4, -0.2) is 71.7 Å². The van der Waals surface area contributed by atoms with Gasteiger partial charge in [-0.2, -0.15) is 0 Å². The van der Waals surface area contributed by atoms with Crippen LogP contribution in [0.5, 0.6) is 0 Å². The first-order valence-corrected chi connectivity index (χ1v) is 25.8. The van der Waals surface area contributed by atoms with Crippen LogP contribution in [0.1, 0.15) is 206 Å². The molecule has 12 heteroatoms. The largest absolute Gasteiger partial charge is 0.472 e. The van der Waals surface area contributed by atoms with Crippen molar-refractivity contribution in [3.8, 4) is 0 Å². The predicted octanol–water partition coefficient (Wildman–Crippen LogP) is 12.2. The normalized spacial score (nSPS) is 14.7. The SMILES string of the molecule is CC/C=C\C/C=C\C/C=C\C/C=C\C[C@H](O)[C@@H](O)CCCC(=O)OC[C@H](COP(=O)(O)OCCN)OC(=O)CCCCCCCCCCCCCCCCCCCCCCC. The number of aliphatic hydroxyl groups is 2. The second-order valence-electron chi connectivity index (χ2n) is 16.3. The maximum atomic E-state index is 12.6. The number of carbonyl (C=O) groups is 2. The minimum atomic E-state index is -4.45. The molecule has 61 heavy (non-hydrogen) atoms.